The summed E-state index contributed by atoms with van der Waals surface area (Å²) in [6.45, 7) is 3.28. The average molecular weight is 437 g/mol. The third-order valence-corrected chi connectivity index (χ3v) is 7.14. The fraction of sp³-hybridized carbons (Fsp3) is 0.682. The largest absolute Gasteiger partial charge is 0.493 e. The van der Waals surface area contributed by atoms with Gasteiger partial charge in [0.1, 0.15) is 0 Å². The van der Waals surface area contributed by atoms with Gasteiger partial charge in [-0.2, -0.15) is 11.8 Å². The van der Waals surface area contributed by atoms with Crippen LogP contribution in [0.3, 0.4) is 0 Å². The molecule has 0 aromatic heterocycles. The van der Waals surface area contributed by atoms with Crippen molar-refractivity contribution in [3.63, 3.8) is 0 Å². The third kappa shape index (κ3) is 5.27. The first-order valence-corrected chi connectivity index (χ1v) is 11.9. The number of hydrogen-bond donors (Lipinski definition) is 2. The summed E-state index contributed by atoms with van der Waals surface area (Å²) in [6.07, 6.45) is 6.48. The summed E-state index contributed by atoms with van der Waals surface area (Å²) in [5.74, 6) is 5.03. The minimum absolute atomic E-state index is 0.228. The maximum Gasteiger partial charge on any atom is 0.203 e. The van der Waals surface area contributed by atoms with Gasteiger partial charge in [0, 0.05) is 61.5 Å². The highest BCUT2D eigenvalue weighted by atomic mass is 32.2. The first-order valence-electron chi connectivity index (χ1n) is 10.8. The Hall–Kier alpha value is -1.80. The number of thioether (sulfide) groups is 1. The number of benzene rings is 1. The predicted molar refractivity (Wildman–Crippen MR) is 126 cm³/mol. The van der Waals surface area contributed by atoms with Gasteiger partial charge in [0.15, 0.2) is 17.5 Å². The Kier molecular flexibility index (Phi) is 8.39. The van der Waals surface area contributed by atoms with Crippen LogP contribution in [0.5, 0.6) is 17.2 Å². The second-order valence-electron chi connectivity index (χ2n) is 7.85. The van der Waals surface area contributed by atoms with Crippen molar-refractivity contribution in [1.29, 1.82) is 0 Å². The van der Waals surface area contributed by atoms with E-state index in [1.54, 1.807) is 28.4 Å². The van der Waals surface area contributed by atoms with Crippen LogP contribution in [-0.4, -0.2) is 75.9 Å². The highest BCUT2D eigenvalue weighted by Gasteiger charge is 2.38. The topological polar surface area (TPSA) is 67.4 Å². The summed E-state index contributed by atoms with van der Waals surface area (Å²) < 4.78 is 16.4. The zero-order valence-corrected chi connectivity index (χ0v) is 19.6. The van der Waals surface area contributed by atoms with Crippen molar-refractivity contribution in [1.82, 2.24) is 10.2 Å². The van der Waals surface area contributed by atoms with E-state index in [1.165, 1.54) is 56.7 Å². The van der Waals surface area contributed by atoms with Crippen LogP contribution >= 0.6 is 11.8 Å². The minimum atomic E-state index is 0.228. The number of rotatable bonds is 7. The molecule has 1 aromatic rings. The Bertz CT molecular complexity index is 691. The maximum atomic E-state index is 5.47. The molecule has 0 atom stereocenters. The SMILES string of the molecule is CN=C(NCC1(N2CCSCC2)CCCCC1)Nc1cc(OC)c(OC)c(OC)c1. The molecule has 0 radical (unpaired) electrons. The van der Waals surface area contributed by atoms with Crippen molar-refractivity contribution in [3.05, 3.63) is 12.1 Å². The average Bonchev–Trinajstić information content (AvgIpc) is 2.82. The third-order valence-electron chi connectivity index (χ3n) is 6.20. The van der Waals surface area contributed by atoms with Crippen LogP contribution in [0.25, 0.3) is 0 Å². The lowest BCUT2D eigenvalue weighted by Gasteiger charge is -2.48. The van der Waals surface area contributed by atoms with Crippen LogP contribution in [0.2, 0.25) is 0 Å². The Morgan fingerprint density at radius 2 is 1.67 bits per heavy atom. The normalized spacial score (nSPS) is 19.8. The summed E-state index contributed by atoms with van der Waals surface area (Å²) in [7, 11) is 6.66. The molecular formula is C22H36N4O3S. The van der Waals surface area contributed by atoms with E-state index in [1.807, 2.05) is 12.1 Å². The Labute approximate surface area is 184 Å². The molecule has 1 aliphatic heterocycles. The van der Waals surface area contributed by atoms with Crippen LogP contribution in [-0.2, 0) is 0 Å². The Morgan fingerprint density at radius 3 is 2.20 bits per heavy atom. The summed E-state index contributed by atoms with van der Waals surface area (Å²) in [6, 6.07) is 3.79. The van der Waals surface area contributed by atoms with Gasteiger partial charge >= 0.3 is 0 Å². The first kappa shape index (κ1) is 22.9. The monoisotopic (exact) mass is 436 g/mol. The molecule has 2 N–H and O–H groups in total. The van der Waals surface area contributed by atoms with Crippen molar-refractivity contribution < 1.29 is 14.2 Å². The highest BCUT2D eigenvalue weighted by Crippen LogP contribution is 2.40. The van der Waals surface area contributed by atoms with Gasteiger partial charge in [0.25, 0.3) is 0 Å². The number of ether oxygens (including phenoxy) is 3. The molecule has 2 aliphatic rings. The summed E-state index contributed by atoms with van der Waals surface area (Å²) in [5.41, 5.74) is 1.07. The summed E-state index contributed by atoms with van der Waals surface area (Å²) in [5, 5.41) is 7.00. The van der Waals surface area contributed by atoms with E-state index in [4.69, 9.17) is 14.2 Å². The van der Waals surface area contributed by atoms with Gasteiger partial charge in [-0.3, -0.25) is 9.89 Å². The number of anilines is 1. The van der Waals surface area contributed by atoms with Gasteiger partial charge in [0.2, 0.25) is 5.75 Å². The van der Waals surface area contributed by atoms with E-state index in [0.717, 1.165) is 18.2 Å². The van der Waals surface area contributed by atoms with E-state index >= 15 is 0 Å². The van der Waals surface area contributed by atoms with Gasteiger partial charge in [-0.15, -0.1) is 0 Å². The Morgan fingerprint density at radius 1 is 1.03 bits per heavy atom. The number of nitrogens with zero attached hydrogens (tertiary/aromatic N) is 2. The predicted octanol–water partition coefficient (Wildman–Crippen LogP) is 3.45. The number of guanidine groups is 1. The zero-order chi connectivity index (χ0) is 21.4. The maximum absolute atomic E-state index is 5.47. The molecule has 1 aromatic carbocycles. The van der Waals surface area contributed by atoms with Crippen LogP contribution in [0, 0.1) is 0 Å². The van der Waals surface area contributed by atoms with Crippen LogP contribution in [0.1, 0.15) is 32.1 Å². The Balaban J connectivity index is 1.72. The molecule has 0 spiro atoms. The number of methoxy groups -OCH3 is 3. The molecule has 0 unspecified atom stereocenters. The van der Waals surface area contributed by atoms with Crippen molar-refractivity contribution >= 4 is 23.4 Å². The minimum Gasteiger partial charge on any atom is -0.493 e. The molecule has 8 heteroatoms. The van der Waals surface area contributed by atoms with Gasteiger partial charge in [0.05, 0.1) is 21.3 Å². The summed E-state index contributed by atoms with van der Waals surface area (Å²) in [4.78, 5) is 7.18. The molecule has 3 rings (SSSR count). The van der Waals surface area contributed by atoms with Gasteiger partial charge in [-0.1, -0.05) is 19.3 Å². The molecule has 1 aliphatic carbocycles. The molecule has 2 fully saturated rings. The van der Waals surface area contributed by atoms with Crippen LogP contribution in [0.4, 0.5) is 5.69 Å². The fourth-order valence-electron chi connectivity index (χ4n) is 4.57. The molecule has 0 amide bonds. The van der Waals surface area contributed by atoms with Crippen LogP contribution < -0.4 is 24.8 Å². The van der Waals surface area contributed by atoms with Crippen molar-refractivity contribution in [2.24, 2.45) is 4.99 Å². The molecule has 1 saturated carbocycles. The molecule has 0 bridgehead atoms. The van der Waals surface area contributed by atoms with Gasteiger partial charge < -0.3 is 24.8 Å². The van der Waals surface area contributed by atoms with E-state index in [-0.39, 0.29) is 5.54 Å². The first-order chi connectivity index (χ1) is 14.7. The molecule has 1 saturated heterocycles. The van der Waals surface area contributed by atoms with Crippen molar-refractivity contribution in [2.45, 2.75) is 37.6 Å². The van der Waals surface area contributed by atoms with E-state index in [9.17, 15) is 0 Å². The second-order valence-corrected chi connectivity index (χ2v) is 9.07. The quantitative estimate of drug-likeness (QED) is 0.501. The van der Waals surface area contributed by atoms with E-state index in [2.05, 4.69) is 32.3 Å². The molecule has 30 heavy (non-hydrogen) atoms. The lowest BCUT2D eigenvalue weighted by Crippen LogP contribution is -2.59. The lowest BCUT2D eigenvalue weighted by atomic mass is 9.80. The molecule has 168 valence electrons. The van der Waals surface area contributed by atoms with Gasteiger partial charge in [-0.25, -0.2) is 0 Å². The second kappa shape index (κ2) is 11.0. The number of hydrogen-bond acceptors (Lipinski definition) is 6. The zero-order valence-electron chi connectivity index (χ0n) is 18.8. The molecular weight excluding hydrogens is 400 g/mol. The smallest absolute Gasteiger partial charge is 0.203 e. The standard InChI is InChI=1S/C22H36N4O3S/c1-23-21(25-17-14-18(27-2)20(29-4)19(15-17)28-3)24-16-22(8-6-5-7-9-22)26-10-12-30-13-11-26/h14-15H,5-13,16H2,1-4H3,(H2,23,24,25). The van der Waals surface area contributed by atoms with Crippen molar-refractivity contribution in [3.8, 4) is 17.2 Å². The molecule has 7 nitrogen and oxygen atoms in total. The van der Waals surface area contributed by atoms with E-state index < -0.39 is 0 Å². The highest BCUT2D eigenvalue weighted by molar-refractivity contribution is 7.99. The van der Waals surface area contributed by atoms with Crippen LogP contribution in [0.15, 0.2) is 17.1 Å². The lowest BCUT2D eigenvalue weighted by molar-refractivity contribution is 0.0628. The number of aliphatic imine (C=N–C) groups is 1. The van der Waals surface area contributed by atoms with E-state index in [0.29, 0.717) is 17.2 Å². The van der Waals surface area contributed by atoms with Crippen molar-refractivity contribution in [2.75, 3.05) is 64.8 Å². The fourth-order valence-corrected chi connectivity index (χ4v) is 5.47. The molecule has 1 heterocycles. The van der Waals surface area contributed by atoms with Gasteiger partial charge in [-0.05, 0) is 12.8 Å². The summed E-state index contributed by atoms with van der Waals surface area (Å²) >= 11 is 2.07. The number of nitrogens with one attached hydrogen (secondary N) is 2.